The third-order valence-electron chi connectivity index (χ3n) is 5.96. The number of aromatic nitrogens is 2. The SMILES string of the molecule is CCC1CCC(C/C=C/c2nc3c(C(C)OC)ccc(-c4nccs4)c3o2)C1=N. The largest absolute Gasteiger partial charge is 0.436 e. The molecule has 3 atom stereocenters. The van der Waals surface area contributed by atoms with E-state index in [1.54, 1.807) is 24.6 Å². The van der Waals surface area contributed by atoms with Gasteiger partial charge < -0.3 is 14.6 Å². The molecule has 0 saturated heterocycles. The van der Waals surface area contributed by atoms with Crippen LogP contribution < -0.4 is 0 Å². The predicted molar refractivity (Wildman–Crippen MR) is 118 cm³/mol. The number of fused-ring (bicyclic) bond motifs is 1. The van der Waals surface area contributed by atoms with Crippen LogP contribution in [0.1, 0.15) is 57.1 Å². The normalized spacial score (nSPS) is 20.9. The van der Waals surface area contributed by atoms with Crippen molar-refractivity contribution >= 4 is 34.2 Å². The zero-order chi connectivity index (χ0) is 20.4. The Hall–Kier alpha value is -2.31. The lowest BCUT2D eigenvalue weighted by Gasteiger charge is -2.10. The molecule has 1 N–H and O–H groups in total. The Morgan fingerprint density at radius 2 is 2.17 bits per heavy atom. The molecule has 0 amide bonds. The number of thiazole rings is 1. The van der Waals surface area contributed by atoms with E-state index in [0.717, 1.165) is 58.6 Å². The van der Waals surface area contributed by atoms with Crippen molar-refractivity contribution < 1.29 is 9.15 Å². The number of ether oxygens (including phenoxy) is 1. The minimum Gasteiger partial charge on any atom is -0.436 e. The average Bonchev–Trinajstić information content (AvgIpc) is 3.47. The molecule has 152 valence electrons. The van der Waals surface area contributed by atoms with Gasteiger partial charge in [0, 0.05) is 35.9 Å². The van der Waals surface area contributed by atoms with Crippen molar-refractivity contribution in [3.63, 3.8) is 0 Å². The standard InChI is InChI=1S/C23H27N3O2S/c1-4-15-8-9-16(20(15)24)6-5-7-19-26-21-17(14(2)27-3)10-11-18(22(21)28-19)23-25-12-13-29-23/h5,7,10-16,24H,4,6,8-9H2,1-3H3/b7-5+,24-20?. The lowest BCUT2D eigenvalue weighted by atomic mass is 9.97. The van der Waals surface area contributed by atoms with Crippen LogP contribution >= 0.6 is 11.3 Å². The summed E-state index contributed by atoms with van der Waals surface area (Å²) in [5, 5.41) is 11.2. The number of rotatable bonds is 7. The molecule has 1 fully saturated rings. The van der Waals surface area contributed by atoms with Crippen molar-refractivity contribution in [3.05, 3.63) is 41.2 Å². The van der Waals surface area contributed by atoms with Gasteiger partial charge in [-0.3, -0.25) is 0 Å². The van der Waals surface area contributed by atoms with E-state index in [2.05, 4.69) is 18.0 Å². The third kappa shape index (κ3) is 3.91. The molecule has 1 aliphatic carbocycles. The van der Waals surface area contributed by atoms with Crippen molar-refractivity contribution in [2.24, 2.45) is 11.8 Å². The molecular weight excluding hydrogens is 382 g/mol. The van der Waals surface area contributed by atoms with Gasteiger partial charge in [-0.05, 0) is 50.7 Å². The third-order valence-corrected chi connectivity index (χ3v) is 6.77. The first-order chi connectivity index (χ1) is 14.1. The summed E-state index contributed by atoms with van der Waals surface area (Å²) in [6.45, 7) is 4.19. The highest BCUT2D eigenvalue weighted by molar-refractivity contribution is 7.13. The lowest BCUT2D eigenvalue weighted by Crippen LogP contribution is -2.11. The summed E-state index contributed by atoms with van der Waals surface area (Å²) in [7, 11) is 1.70. The number of methoxy groups -OCH3 is 1. The first kappa shape index (κ1) is 20.0. The molecule has 0 bridgehead atoms. The van der Waals surface area contributed by atoms with Gasteiger partial charge in [0.05, 0.1) is 11.7 Å². The van der Waals surface area contributed by atoms with E-state index in [1.807, 2.05) is 30.5 Å². The van der Waals surface area contributed by atoms with Gasteiger partial charge in [-0.25, -0.2) is 9.97 Å². The molecular formula is C23H27N3O2S. The molecule has 29 heavy (non-hydrogen) atoms. The Kier molecular flexibility index (Phi) is 5.92. The number of hydrogen-bond acceptors (Lipinski definition) is 6. The zero-order valence-electron chi connectivity index (χ0n) is 17.1. The van der Waals surface area contributed by atoms with Crippen molar-refractivity contribution in [1.29, 1.82) is 5.41 Å². The van der Waals surface area contributed by atoms with Crippen LogP contribution in [-0.4, -0.2) is 22.8 Å². The molecule has 1 saturated carbocycles. The highest BCUT2D eigenvalue weighted by Gasteiger charge is 2.28. The zero-order valence-corrected chi connectivity index (χ0v) is 18.0. The average molecular weight is 410 g/mol. The van der Waals surface area contributed by atoms with Crippen LogP contribution in [-0.2, 0) is 4.74 Å². The van der Waals surface area contributed by atoms with E-state index in [0.29, 0.717) is 17.7 Å². The van der Waals surface area contributed by atoms with Gasteiger partial charge in [0.1, 0.15) is 10.5 Å². The quantitative estimate of drug-likeness (QED) is 0.482. The second-order valence-corrected chi connectivity index (χ2v) is 8.51. The smallest absolute Gasteiger partial charge is 0.219 e. The van der Waals surface area contributed by atoms with Crippen LogP contribution in [0.5, 0.6) is 0 Å². The van der Waals surface area contributed by atoms with Crippen LogP contribution in [0.3, 0.4) is 0 Å². The fraction of sp³-hybridized carbons (Fsp3) is 0.435. The van der Waals surface area contributed by atoms with Gasteiger partial charge in [-0.15, -0.1) is 11.3 Å². The topological polar surface area (TPSA) is 72.0 Å². The van der Waals surface area contributed by atoms with Crippen LogP contribution in [0.4, 0.5) is 0 Å². The lowest BCUT2D eigenvalue weighted by molar-refractivity contribution is 0.120. The Morgan fingerprint density at radius 1 is 1.34 bits per heavy atom. The molecule has 4 rings (SSSR count). The van der Waals surface area contributed by atoms with Crippen molar-refractivity contribution in [2.75, 3.05) is 7.11 Å². The molecule has 2 aromatic heterocycles. The van der Waals surface area contributed by atoms with E-state index in [1.165, 1.54) is 0 Å². The fourth-order valence-electron chi connectivity index (χ4n) is 4.14. The number of oxazole rings is 1. The molecule has 3 unspecified atom stereocenters. The maximum absolute atomic E-state index is 8.35. The van der Waals surface area contributed by atoms with Crippen molar-refractivity contribution in [1.82, 2.24) is 9.97 Å². The van der Waals surface area contributed by atoms with Crippen LogP contribution in [0, 0.1) is 17.2 Å². The van der Waals surface area contributed by atoms with Crippen LogP contribution in [0.15, 0.2) is 34.2 Å². The molecule has 6 heteroatoms. The Bertz CT molecular complexity index is 1020. The van der Waals surface area contributed by atoms with E-state index >= 15 is 0 Å². The molecule has 5 nitrogen and oxygen atoms in total. The van der Waals surface area contributed by atoms with Crippen molar-refractivity contribution in [3.8, 4) is 10.6 Å². The molecule has 1 aromatic carbocycles. The van der Waals surface area contributed by atoms with E-state index in [4.69, 9.17) is 19.5 Å². The minimum absolute atomic E-state index is 0.0743. The minimum atomic E-state index is -0.0743. The van der Waals surface area contributed by atoms with Gasteiger partial charge in [0.15, 0.2) is 5.58 Å². The Labute approximate surface area is 175 Å². The van der Waals surface area contributed by atoms with Gasteiger partial charge in [-0.1, -0.05) is 19.1 Å². The van der Waals surface area contributed by atoms with Crippen molar-refractivity contribution in [2.45, 2.75) is 45.6 Å². The molecule has 0 spiro atoms. The number of nitrogens with one attached hydrogen (secondary N) is 1. The van der Waals surface area contributed by atoms with Crippen LogP contribution in [0.2, 0.25) is 0 Å². The highest BCUT2D eigenvalue weighted by atomic mass is 32.1. The number of nitrogens with zero attached hydrogens (tertiary/aromatic N) is 2. The summed E-state index contributed by atoms with van der Waals surface area (Å²) in [5.41, 5.74) is 4.45. The maximum atomic E-state index is 8.35. The second-order valence-electron chi connectivity index (χ2n) is 7.62. The summed E-state index contributed by atoms with van der Waals surface area (Å²) in [4.78, 5) is 9.19. The number of allylic oxidation sites excluding steroid dienone is 1. The maximum Gasteiger partial charge on any atom is 0.219 e. The van der Waals surface area contributed by atoms with Gasteiger partial charge in [-0.2, -0.15) is 0 Å². The fourth-order valence-corrected chi connectivity index (χ4v) is 4.80. The summed E-state index contributed by atoms with van der Waals surface area (Å²) in [6, 6.07) is 4.09. The van der Waals surface area contributed by atoms with E-state index in [-0.39, 0.29) is 6.10 Å². The van der Waals surface area contributed by atoms with E-state index < -0.39 is 0 Å². The van der Waals surface area contributed by atoms with Crippen LogP contribution in [0.25, 0.3) is 27.7 Å². The van der Waals surface area contributed by atoms with E-state index in [9.17, 15) is 0 Å². The Balaban J connectivity index is 1.63. The van der Waals surface area contributed by atoms with Gasteiger partial charge >= 0.3 is 0 Å². The second kappa shape index (κ2) is 8.59. The Morgan fingerprint density at radius 3 is 2.86 bits per heavy atom. The monoisotopic (exact) mass is 409 g/mol. The summed E-state index contributed by atoms with van der Waals surface area (Å²) < 4.78 is 11.7. The molecule has 0 radical (unpaired) electrons. The van der Waals surface area contributed by atoms with Gasteiger partial charge in [0.25, 0.3) is 0 Å². The molecule has 1 aliphatic rings. The summed E-state index contributed by atoms with van der Waals surface area (Å²) in [5.74, 6) is 1.41. The molecule has 0 aliphatic heterocycles. The summed E-state index contributed by atoms with van der Waals surface area (Å²) >= 11 is 1.59. The van der Waals surface area contributed by atoms with Gasteiger partial charge in [0.2, 0.25) is 5.89 Å². The number of benzene rings is 1. The molecule has 2 heterocycles. The first-order valence-corrected chi connectivity index (χ1v) is 11.1. The first-order valence-electron chi connectivity index (χ1n) is 10.2. The summed E-state index contributed by atoms with van der Waals surface area (Å²) in [6.07, 6.45) is 9.97. The highest BCUT2D eigenvalue weighted by Crippen LogP contribution is 2.36. The number of hydrogen-bond donors (Lipinski definition) is 1. The molecule has 3 aromatic rings. The predicted octanol–water partition coefficient (Wildman–Crippen LogP) is 6.52.